The van der Waals surface area contributed by atoms with Crippen molar-refractivity contribution in [2.45, 2.75) is 19.3 Å². The van der Waals surface area contributed by atoms with Crippen molar-refractivity contribution in [1.82, 2.24) is 10.9 Å². The molecule has 0 unspecified atom stereocenters. The van der Waals surface area contributed by atoms with Gasteiger partial charge < -0.3 is 4.74 Å². The summed E-state index contributed by atoms with van der Waals surface area (Å²) in [6, 6.07) is 16.9. The highest BCUT2D eigenvalue weighted by molar-refractivity contribution is 5.83. The van der Waals surface area contributed by atoms with Gasteiger partial charge in [-0.15, -0.1) is 0 Å². The van der Waals surface area contributed by atoms with Gasteiger partial charge in [0.2, 0.25) is 11.8 Å². The summed E-state index contributed by atoms with van der Waals surface area (Å²) in [7, 11) is 1.61. The highest BCUT2D eigenvalue weighted by atomic mass is 16.5. The Morgan fingerprint density at radius 3 is 2.35 bits per heavy atom. The molecule has 0 fully saturated rings. The van der Waals surface area contributed by atoms with E-state index in [2.05, 4.69) is 10.9 Å². The van der Waals surface area contributed by atoms with Crippen LogP contribution < -0.4 is 15.6 Å². The van der Waals surface area contributed by atoms with Crippen LogP contribution in [0.1, 0.15) is 17.5 Å². The Balaban J connectivity index is 1.71. The van der Waals surface area contributed by atoms with Gasteiger partial charge in [-0.3, -0.25) is 20.4 Å². The first-order valence-electron chi connectivity index (χ1n) is 7.42. The minimum absolute atomic E-state index is 0.228. The van der Waals surface area contributed by atoms with Crippen LogP contribution in [-0.4, -0.2) is 18.9 Å². The summed E-state index contributed by atoms with van der Waals surface area (Å²) < 4.78 is 5.14. The Morgan fingerprint density at radius 1 is 0.913 bits per heavy atom. The summed E-state index contributed by atoms with van der Waals surface area (Å²) in [5.74, 6) is 0.291. The van der Waals surface area contributed by atoms with E-state index in [-0.39, 0.29) is 18.2 Å². The van der Waals surface area contributed by atoms with Crippen molar-refractivity contribution in [1.29, 1.82) is 0 Å². The van der Waals surface area contributed by atoms with Crippen LogP contribution in [0.25, 0.3) is 0 Å². The third kappa shape index (κ3) is 5.82. The number of hydrogen-bond donors (Lipinski definition) is 2. The number of benzene rings is 2. The number of hydrazine groups is 1. The lowest BCUT2D eigenvalue weighted by atomic mass is 10.1. The van der Waals surface area contributed by atoms with Gasteiger partial charge in [0, 0.05) is 6.42 Å². The standard InChI is InChI=1S/C18H20N2O3/c1-23-16-9-5-8-15(12-16)10-11-17(21)19-20-18(22)13-14-6-3-2-4-7-14/h2-9,12H,10-11,13H2,1H3,(H,19,21)(H,20,22). The molecule has 0 spiro atoms. The zero-order valence-electron chi connectivity index (χ0n) is 13.0. The Hall–Kier alpha value is -2.82. The fourth-order valence-corrected chi connectivity index (χ4v) is 2.11. The van der Waals surface area contributed by atoms with E-state index < -0.39 is 0 Å². The predicted octanol–water partition coefficient (Wildman–Crippen LogP) is 2.02. The second-order valence-corrected chi connectivity index (χ2v) is 5.11. The van der Waals surface area contributed by atoms with Gasteiger partial charge in [-0.05, 0) is 29.7 Å². The first kappa shape index (κ1) is 16.5. The van der Waals surface area contributed by atoms with E-state index in [0.717, 1.165) is 16.9 Å². The maximum atomic E-state index is 11.8. The van der Waals surface area contributed by atoms with Crippen molar-refractivity contribution in [3.63, 3.8) is 0 Å². The molecule has 5 nitrogen and oxygen atoms in total. The van der Waals surface area contributed by atoms with E-state index in [1.54, 1.807) is 7.11 Å². The molecule has 0 aliphatic carbocycles. The topological polar surface area (TPSA) is 67.4 Å². The van der Waals surface area contributed by atoms with Crippen molar-refractivity contribution in [2.24, 2.45) is 0 Å². The van der Waals surface area contributed by atoms with Gasteiger partial charge in [0.25, 0.3) is 0 Å². The van der Waals surface area contributed by atoms with E-state index in [1.807, 2.05) is 54.6 Å². The minimum Gasteiger partial charge on any atom is -0.497 e. The maximum Gasteiger partial charge on any atom is 0.242 e. The number of methoxy groups -OCH3 is 1. The molecule has 2 aromatic rings. The van der Waals surface area contributed by atoms with Crippen LogP contribution in [0.4, 0.5) is 0 Å². The predicted molar refractivity (Wildman–Crippen MR) is 87.7 cm³/mol. The third-order valence-electron chi connectivity index (χ3n) is 3.32. The lowest BCUT2D eigenvalue weighted by Gasteiger charge is -2.08. The SMILES string of the molecule is COc1cccc(CCC(=O)NNC(=O)Cc2ccccc2)c1. The van der Waals surface area contributed by atoms with Crippen molar-refractivity contribution < 1.29 is 14.3 Å². The minimum atomic E-state index is -0.245. The molecule has 2 rings (SSSR count). The van der Waals surface area contributed by atoms with Gasteiger partial charge in [-0.1, -0.05) is 42.5 Å². The first-order valence-corrected chi connectivity index (χ1v) is 7.42. The molecule has 0 atom stereocenters. The number of carbonyl (C=O) groups excluding carboxylic acids is 2. The van der Waals surface area contributed by atoms with Crippen LogP contribution in [0, 0.1) is 0 Å². The molecule has 2 amide bonds. The van der Waals surface area contributed by atoms with Gasteiger partial charge in [0.15, 0.2) is 0 Å². The maximum absolute atomic E-state index is 11.8. The molecule has 0 saturated heterocycles. The molecule has 0 aliphatic heterocycles. The molecule has 23 heavy (non-hydrogen) atoms. The van der Waals surface area contributed by atoms with Crippen molar-refractivity contribution >= 4 is 11.8 Å². The quantitative estimate of drug-likeness (QED) is 0.802. The van der Waals surface area contributed by atoms with Crippen molar-refractivity contribution in [3.8, 4) is 5.75 Å². The highest BCUT2D eigenvalue weighted by Crippen LogP contribution is 2.13. The largest absolute Gasteiger partial charge is 0.497 e. The number of aryl methyl sites for hydroxylation is 1. The number of rotatable bonds is 6. The number of ether oxygens (including phenoxy) is 1. The molecule has 2 aromatic carbocycles. The van der Waals surface area contributed by atoms with E-state index in [9.17, 15) is 9.59 Å². The molecule has 0 saturated carbocycles. The molecule has 0 bridgehead atoms. The van der Waals surface area contributed by atoms with Gasteiger partial charge in [-0.2, -0.15) is 0 Å². The second kappa shape index (κ2) is 8.58. The summed E-state index contributed by atoms with van der Waals surface area (Å²) >= 11 is 0. The molecule has 5 heteroatoms. The number of nitrogens with one attached hydrogen (secondary N) is 2. The lowest BCUT2D eigenvalue weighted by Crippen LogP contribution is -2.42. The van der Waals surface area contributed by atoms with Gasteiger partial charge in [0.05, 0.1) is 13.5 Å². The van der Waals surface area contributed by atoms with Crippen molar-refractivity contribution in [3.05, 3.63) is 65.7 Å². The normalized spacial score (nSPS) is 9.96. The Kier molecular flexibility index (Phi) is 6.17. The van der Waals surface area contributed by atoms with Gasteiger partial charge >= 0.3 is 0 Å². The first-order chi connectivity index (χ1) is 11.2. The average molecular weight is 312 g/mol. The van der Waals surface area contributed by atoms with E-state index in [1.165, 1.54) is 0 Å². The van der Waals surface area contributed by atoms with Crippen LogP contribution >= 0.6 is 0 Å². The lowest BCUT2D eigenvalue weighted by molar-refractivity contribution is -0.128. The molecular formula is C18H20N2O3. The van der Waals surface area contributed by atoms with E-state index >= 15 is 0 Å². The molecule has 0 aliphatic rings. The highest BCUT2D eigenvalue weighted by Gasteiger charge is 2.06. The van der Waals surface area contributed by atoms with Crippen LogP contribution in [0.15, 0.2) is 54.6 Å². The third-order valence-corrected chi connectivity index (χ3v) is 3.32. The summed E-state index contributed by atoms with van der Waals surface area (Å²) in [5, 5.41) is 0. The second-order valence-electron chi connectivity index (χ2n) is 5.11. The molecule has 0 heterocycles. The zero-order chi connectivity index (χ0) is 16.5. The summed E-state index contributed by atoms with van der Waals surface area (Å²) in [6.07, 6.45) is 1.10. The summed E-state index contributed by atoms with van der Waals surface area (Å²) in [4.78, 5) is 23.5. The number of hydrogen-bond acceptors (Lipinski definition) is 3. The summed E-state index contributed by atoms with van der Waals surface area (Å²) in [6.45, 7) is 0. The van der Waals surface area contributed by atoms with Crippen molar-refractivity contribution in [2.75, 3.05) is 7.11 Å². The average Bonchev–Trinajstić information content (AvgIpc) is 2.59. The van der Waals surface area contributed by atoms with Crippen LogP contribution in [0.5, 0.6) is 5.75 Å². The Labute approximate surface area is 135 Å². The fraction of sp³-hybridized carbons (Fsp3) is 0.222. The van der Waals surface area contributed by atoms with Crippen LogP contribution in [0.2, 0.25) is 0 Å². The van der Waals surface area contributed by atoms with Gasteiger partial charge in [0.1, 0.15) is 5.75 Å². The van der Waals surface area contributed by atoms with Crippen LogP contribution in [-0.2, 0) is 22.4 Å². The van der Waals surface area contributed by atoms with E-state index in [0.29, 0.717) is 12.8 Å². The molecule has 0 radical (unpaired) electrons. The Bertz CT molecular complexity index is 656. The molecule has 120 valence electrons. The summed E-state index contributed by atoms with van der Waals surface area (Å²) in [5.41, 5.74) is 6.77. The number of carbonyl (C=O) groups is 2. The molecule has 2 N–H and O–H groups in total. The van der Waals surface area contributed by atoms with Gasteiger partial charge in [-0.25, -0.2) is 0 Å². The number of amides is 2. The Morgan fingerprint density at radius 2 is 1.61 bits per heavy atom. The molecular weight excluding hydrogens is 292 g/mol. The smallest absolute Gasteiger partial charge is 0.242 e. The monoisotopic (exact) mass is 312 g/mol. The van der Waals surface area contributed by atoms with Crippen LogP contribution in [0.3, 0.4) is 0 Å². The molecule has 0 aromatic heterocycles. The fourth-order valence-electron chi connectivity index (χ4n) is 2.11. The van der Waals surface area contributed by atoms with E-state index in [4.69, 9.17) is 4.74 Å². The zero-order valence-corrected chi connectivity index (χ0v) is 13.0.